The Bertz CT molecular complexity index is 305. The first-order valence-electron chi connectivity index (χ1n) is 3.70. The number of carboxylic acid groups (broad SMARTS) is 1. The molecule has 0 saturated heterocycles. The number of hydrogen-bond acceptors (Lipinski definition) is 3. The maximum Gasteiger partial charge on any atom is 2.00 e. The predicted octanol–water partition coefficient (Wildman–Crippen LogP) is 0.657. The fourth-order valence-corrected chi connectivity index (χ4v) is 0.929. The number of ether oxygens (including phenoxy) is 1. The smallest absolute Gasteiger partial charge is 1.00 e. The van der Waals surface area contributed by atoms with E-state index in [4.69, 9.17) is 14.9 Å². The van der Waals surface area contributed by atoms with E-state index < -0.39 is 12.1 Å². The number of carbonyl (C=O) groups is 1. The van der Waals surface area contributed by atoms with Gasteiger partial charge >= 0.3 is 43.7 Å². The van der Waals surface area contributed by atoms with E-state index in [0.29, 0.717) is 11.3 Å². The van der Waals surface area contributed by atoms with Crippen LogP contribution in [0.4, 0.5) is 0 Å². The van der Waals surface area contributed by atoms with Gasteiger partial charge in [0.2, 0.25) is 0 Å². The van der Waals surface area contributed by atoms with E-state index in [9.17, 15) is 4.79 Å². The molecule has 0 radical (unpaired) electrons. The topological polar surface area (TPSA) is 66.8 Å². The van der Waals surface area contributed by atoms with Gasteiger partial charge in [0.15, 0.2) is 6.10 Å². The minimum atomic E-state index is -1.47. The van der Waals surface area contributed by atoms with Gasteiger partial charge in [0.05, 0.1) is 7.11 Å². The van der Waals surface area contributed by atoms with Crippen molar-refractivity contribution in [2.45, 2.75) is 6.10 Å². The molecule has 1 unspecified atom stereocenters. The standard InChI is InChI=1S/C9H10O4.Ca.2H/c1-13-7-4-2-6(3-5-7)8(10)9(11)12;;;/h2-5,8,10H,1H3,(H,11,12);;;/q;+2;2*-1. The summed E-state index contributed by atoms with van der Waals surface area (Å²) >= 11 is 0. The Morgan fingerprint density at radius 1 is 1.43 bits per heavy atom. The van der Waals surface area contributed by atoms with Crippen LogP contribution in [0.3, 0.4) is 0 Å². The van der Waals surface area contributed by atoms with Crippen LogP contribution in [0.1, 0.15) is 14.5 Å². The number of benzene rings is 1. The molecule has 74 valence electrons. The first-order valence-corrected chi connectivity index (χ1v) is 3.70. The van der Waals surface area contributed by atoms with Crippen molar-refractivity contribution >= 4 is 43.7 Å². The van der Waals surface area contributed by atoms with Crippen LogP contribution in [0.25, 0.3) is 0 Å². The number of methoxy groups -OCH3 is 1. The van der Waals surface area contributed by atoms with Gasteiger partial charge in [-0.2, -0.15) is 0 Å². The summed E-state index contributed by atoms with van der Waals surface area (Å²) in [6, 6.07) is 6.22. The number of aliphatic carboxylic acids is 1. The van der Waals surface area contributed by atoms with Crippen molar-refractivity contribution < 1.29 is 22.6 Å². The maximum atomic E-state index is 10.4. The third kappa shape index (κ3) is 3.46. The van der Waals surface area contributed by atoms with Gasteiger partial charge in [-0.05, 0) is 17.7 Å². The Kier molecular flexibility index (Phi) is 6.11. The minimum absolute atomic E-state index is 0. The van der Waals surface area contributed by atoms with Crippen molar-refractivity contribution in [3.8, 4) is 5.75 Å². The fraction of sp³-hybridized carbons (Fsp3) is 0.222. The number of hydrogen-bond donors (Lipinski definition) is 2. The first kappa shape index (κ1) is 13.7. The van der Waals surface area contributed by atoms with Gasteiger partial charge in [0.25, 0.3) is 0 Å². The number of rotatable bonds is 3. The van der Waals surface area contributed by atoms with E-state index in [1.807, 2.05) is 0 Å². The van der Waals surface area contributed by atoms with Crippen LogP contribution >= 0.6 is 0 Å². The second kappa shape index (κ2) is 6.24. The van der Waals surface area contributed by atoms with Crippen molar-refractivity contribution in [1.29, 1.82) is 0 Å². The van der Waals surface area contributed by atoms with E-state index in [0.717, 1.165) is 0 Å². The van der Waals surface area contributed by atoms with Gasteiger partial charge in [-0.25, -0.2) is 4.79 Å². The molecule has 0 aliphatic carbocycles. The van der Waals surface area contributed by atoms with Crippen LogP contribution in [0, 0.1) is 0 Å². The maximum absolute atomic E-state index is 10.4. The van der Waals surface area contributed by atoms with E-state index >= 15 is 0 Å². The molecule has 0 fully saturated rings. The zero-order valence-corrected chi connectivity index (χ0v) is 10.0. The van der Waals surface area contributed by atoms with Crippen molar-refractivity contribution in [3.05, 3.63) is 29.8 Å². The summed E-state index contributed by atoms with van der Waals surface area (Å²) in [4.78, 5) is 10.4. The molecule has 0 aromatic heterocycles. The number of aliphatic hydroxyl groups excluding tert-OH is 1. The van der Waals surface area contributed by atoms with E-state index in [1.165, 1.54) is 19.2 Å². The SMILES string of the molecule is COc1ccc(C(O)C(=O)O)cc1.[Ca+2].[H-].[H-]. The molecule has 1 rings (SSSR count). The monoisotopic (exact) mass is 224 g/mol. The molecule has 4 nitrogen and oxygen atoms in total. The zero-order valence-electron chi connectivity index (χ0n) is 9.80. The molecule has 0 heterocycles. The molecule has 1 aromatic rings. The summed E-state index contributed by atoms with van der Waals surface area (Å²) in [5, 5.41) is 17.6. The molecule has 0 saturated carbocycles. The largest absolute Gasteiger partial charge is 2.00 e. The van der Waals surface area contributed by atoms with Crippen LogP contribution in [-0.4, -0.2) is 61.0 Å². The Hall–Kier alpha value is -0.290. The molecule has 0 amide bonds. The quantitative estimate of drug-likeness (QED) is 0.740. The van der Waals surface area contributed by atoms with Gasteiger partial charge in [0.1, 0.15) is 5.75 Å². The van der Waals surface area contributed by atoms with Crippen LogP contribution < -0.4 is 4.74 Å². The summed E-state index contributed by atoms with van der Waals surface area (Å²) in [7, 11) is 1.52. The van der Waals surface area contributed by atoms with Gasteiger partial charge in [-0.1, -0.05) is 12.1 Å². The normalized spacial score (nSPS) is 11.3. The summed E-state index contributed by atoms with van der Waals surface area (Å²) in [6.45, 7) is 0. The fourth-order valence-electron chi connectivity index (χ4n) is 0.929. The third-order valence-electron chi connectivity index (χ3n) is 1.67. The summed E-state index contributed by atoms with van der Waals surface area (Å²) in [5.41, 5.74) is 0.341. The average Bonchev–Trinajstić information content (AvgIpc) is 2.17. The summed E-state index contributed by atoms with van der Waals surface area (Å²) in [6.07, 6.45) is -1.47. The Morgan fingerprint density at radius 2 is 1.93 bits per heavy atom. The number of carboxylic acids is 1. The van der Waals surface area contributed by atoms with Gasteiger partial charge in [0, 0.05) is 0 Å². The van der Waals surface area contributed by atoms with E-state index in [1.54, 1.807) is 12.1 Å². The van der Waals surface area contributed by atoms with Crippen LogP contribution in [-0.2, 0) is 4.79 Å². The molecular formula is C9H12CaO4. The van der Waals surface area contributed by atoms with Crippen LogP contribution in [0.15, 0.2) is 24.3 Å². The van der Waals surface area contributed by atoms with Crippen LogP contribution in [0.5, 0.6) is 5.75 Å². The Balaban J connectivity index is -0.000000563. The molecule has 1 aromatic carbocycles. The molecule has 0 aliphatic heterocycles. The van der Waals surface area contributed by atoms with Gasteiger partial charge < -0.3 is 17.8 Å². The Labute approximate surface area is 114 Å². The molecule has 2 N–H and O–H groups in total. The molecule has 14 heavy (non-hydrogen) atoms. The van der Waals surface area contributed by atoms with Crippen molar-refractivity contribution in [1.82, 2.24) is 0 Å². The zero-order chi connectivity index (χ0) is 9.84. The van der Waals surface area contributed by atoms with Crippen molar-refractivity contribution in [2.24, 2.45) is 0 Å². The first-order chi connectivity index (χ1) is 6.15. The predicted molar refractivity (Wildman–Crippen MR) is 53.6 cm³/mol. The summed E-state index contributed by atoms with van der Waals surface area (Å²) in [5.74, 6) is -0.633. The molecule has 5 heteroatoms. The van der Waals surface area contributed by atoms with E-state index in [-0.39, 0.29) is 40.6 Å². The van der Waals surface area contributed by atoms with Crippen LogP contribution in [0.2, 0.25) is 0 Å². The Morgan fingerprint density at radius 3 is 2.29 bits per heavy atom. The van der Waals surface area contributed by atoms with E-state index in [2.05, 4.69) is 0 Å². The second-order valence-corrected chi connectivity index (χ2v) is 2.51. The third-order valence-corrected chi connectivity index (χ3v) is 1.67. The average molecular weight is 224 g/mol. The van der Waals surface area contributed by atoms with Crippen molar-refractivity contribution in [3.63, 3.8) is 0 Å². The summed E-state index contributed by atoms with van der Waals surface area (Å²) < 4.78 is 4.88. The van der Waals surface area contributed by atoms with Gasteiger partial charge in [-0.15, -0.1) is 0 Å². The molecule has 0 aliphatic rings. The molecule has 0 spiro atoms. The minimum Gasteiger partial charge on any atom is -1.00 e. The molecule has 1 atom stereocenters. The van der Waals surface area contributed by atoms with Crippen molar-refractivity contribution in [2.75, 3.05) is 7.11 Å². The number of aliphatic hydroxyl groups is 1. The molecule has 0 bridgehead atoms. The second-order valence-electron chi connectivity index (χ2n) is 2.51. The molecular weight excluding hydrogens is 212 g/mol. The van der Waals surface area contributed by atoms with Gasteiger partial charge in [-0.3, -0.25) is 0 Å².